The Hall–Kier alpha value is -0.890. The zero-order valence-corrected chi connectivity index (χ0v) is 10.9. The van der Waals surface area contributed by atoms with Gasteiger partial charge >= 0.3 is 0 Å². The minimum atomic E-state index is -0.400. The molecule has 0 saturated heterocycles. The molecule has 0 saturated carbocycles. The van der Waals surface area contributed by atoms with Crippen molar-refractivity contribution < 1.29 is 5.11 Å². The van der Waals surface area contributed by atoms with Crippen LogP contribution >= 0.6 is 0 Å². The number of aliphatic hydroxyl groups is 1. The highest BCUT2D eigenvalue weighted by atomic mass is 16.3. The first-order valence-electron chi connectivity index (χ1n) is 6.08. The van der Waals surface area contributed by atoms with Crippen molar-refractivity contribution in [3.63, 3.8) is 0 Å². The van der Waals surface area contributed by atoms with Gasteiger partial charge in [0.1, 0.15) is 0 Å². The Morgan fingerprint density at radius 2 is 2.00 bits per heavy atom. The zero-order valence-electron chi connectivity index (χ0n) is 10.9. The molecule has 3 unspecified atom stereocenters. The smallest absolute Gasteiger partial charge is 0.0618 e. The fraction of sp³-hybridized carbons (Fsp3) is 0.643. The van der Waals surface area contributed by atoms with Gasteiger partial charge in [0.05, 0.1) is 6.10 Å². The third-order valence-corrected chi connectivity index (χ3v) is 2.83. The van der Waals surface area contributed by atoms with Crippen LogP contribution in [0.15, 0.2) is 24.3 Å². The number of aliphatic hydroxyl groups excluding tert-OH is 1. The van der Waals surface area contributed by atoms with Crippen LogP contribution in [0.2, 0.25) is 0 Å². The number of hydrogen-bond donors (Lipinski definition) is 2. The average molecular weight is 223 g/mol. The first kappa shape index (κ1) is 15.1. The van der Waals surface area contributed by atoms with E-state index in [1.807, 2.05) is 39.0 Å². The molecule has 0 aliphatic rings. The van der Waals surface area contributed by atoms with Gasteiger partial charge in [0.15, 0.2) is 0 Å². The lowest BCUT2D eigenvalue weighted by Crippen LogP contribution is -2.23. The molecule has 0 aromatic rings. The van der Waals surface area contributed by atoms with Crippen molar-refractivity contribution in [2.75, 3.05) is 0 Å². The summed E-state index contributed by atoms with van der Waals surface area (Å²) in [7, 11) is 0. The molecule has 0 fully saturated rings. The maximum Gasteiger partial charge on any atom is 0.0618 e. The van der Waals surface area contributed by atoms with E-state index in [1.165, 1.54) is 0 Å². The van der Waals surface area contributed by atoms with Gasteiger partial charge in [0.2, 0.25) is 0 Å². The topological polar surface area (TPSA) is 44.1 Å². The van der Waals surface area contributed by atoms with Crippen molar-refractivity contribution in [1.82, 2.24) is 0 Å². The van der Waals surface area contributed by atoms with E-state index in [2.05, 4.69) is 13.0 Å². The van der Waals surface area contributed by atoms with Crippen molar-refractivity contribution in [3.05, 3.63) is 24.3 Å². The largest absolute Gasteiger partial charge is 0.392 e. The van der Waals surface area contributed by atoms with E-state index in [0.29, 0.717) is 18.1 Å². The molecule has 16 heavy (non-hydrogen) atoms. The van der Waals surface area contributed by atoms with Gasteiger partial charge in [-0.15, -0.1) is 0 Å². The Labute approximate surface area is 99.6 Å². The molecule has 3 atom stereocenters. The van der Waals surface area contributed by atoms with Crippen LogP contribution in [0.1, 0.15) is 40.5 Å². The number of allylic oxidation sites excluding steroid dienone is 4. The molecular formula is C14H25NO. The highest BCUT2D eigenvalue weighted by Crippen LogP contribution is 2.11. The molecular weight excluding hydrogens is 198 g/mol. The Bertz CT molecular complexity index is 255. The van der Waals surface area contributed by atoms with Crippen LogP contribution in [0.4, 0.5) is 0 Å². The number of nitrogens with one attached hydrogen (secondary N) is 1. The van der Waals surface area contributed by atoms with Crippen LogP contribution in [-0.2, 0) is 0 Å². The number of hydrogen-bond acceptors (Lipinski definition) is 2. The van der Waals surface area contributed by atoms with Crippen molar-refractivity contribution in [3.8, 4) is 0 Å². The van der Waals surface area contributed by atoms with Crippen molar-refractivity contribution in [2.45, 2.75) is 46.6 Å². The quantitative estimate of drug-likeness (QED) is 0.503. The van der Waals surface area contributed by atoms with Gasteiger partial charge in [-0.25, -0.2) is 0 Å². The second-order valence-electron chi connectivity index (χ2n) is 4.36. The maximum atomic E-state index is 9.62. The Morgan fingerprint density at radius 3 is 2.50 bits per heavy atom. The highest BCUT2D eigenvalue weighted by molar-refractivity contribution is 5.94. The minimum Gasteiger partial charge on any atom is -0.392 e. The first-order valence-corrected chi connectivity index (χ1v) is 6.08. The van der Waals surface area contributed by atoms with Gasteiger partial charge < -0.3 is 10.5 Å². The molecule has 92 valence electrons. The van der Waals surface area contributed by atoms with Crippen LogP contribution in [0.3, 0.4) is 0 Å². The average Bonchev–Trinajstić information content (AvgIpc) is 2.31. The molecule has 2 N–H and O–H groups in total. The molecule has 0 rings (SSSR count). The molecule has 2 heteroatoms. The standard InChI is InChI=1S/C14H25NO/c1-5-7-8-11(3)9-10-13(15)12(4)14(16)6-2/h5,7,9-12,14-16H,6,8H2,1-4H3/b7-5+,10-9+,15-13?. The summed E-state index contributed by atoms with van der Waals surface area (Å²) in [5.74, 6) is 0.373. The van der Waals surface area contributed by atoms with Crippen LogP contribution in [-0.4, -0.2) is 16.9 Å². The van der Waals surface area contributed by atoms with Gasteiger partial charge in [0.25, 0.3) is 0 Å². The summed E-state index contributed by atoms with van der Waals surface area (Å²) in [4.78, 5) is 0. The molecule has 0 aromatic carbocycles. The molecule has 2 nitrogen and oxygen atoms in total. The van der Waals surface area contributed by atoms with E-state index < -0.39 is 6.10 Å². The SMILES string of the molecule is C/C=C/CC(C)/C=C/C(=N)C(C)C(O)CC. The van der Waals surface area contributed by atoms with Gasteiger partial charge in [0, 0.05) is 11.6 Å². The summed E-state index contributed by atoms with van der Waals surface area (Å²) < 4.78 is 0. The molecule has 0 spiro atoms. The second kappa shape index (κ2) is 8.28. The Kier molecular flexibility index (Phi) is 7.82. The molecule has 0 bridgehead atoms. The number of rotatable bonds is 7. The summed E-state index contributed by atoms with van der Waals surface area (Å²) in [5, 5.41) is 17.5. The van der Waals surface area contributed by atoms with Crippen molar-refractivity contribution in [2.24, 2.45) is 11.8 Å². The van der Waals surface area contributed by atoms with E-state index >= 15 is 0 Å². The maximum absolute atomic E-state index is 9.62. The summed E-state index contributed by atoms with van der Waals surface area (Å²) in [6.07, 6.45) is 9.35. The van der Waals surface area contributed by atoms with E-state index in [0.717, 1.165) is 6.42 Å². The normalized spacial score (nSPS) is 17.8. The van der Waals surface area contributed by atoms with Crippen LogP contribution in [0, 0.1) is 17.2 Å². The van der Waals surface area contributed by atoms with Gasteiger partial charge in [-0.1, -0.05) is 39.0 Å². The molecule has 0 aliphatic heterocycles. The predicted molar refractivity (Wildman–Crippen MR) is 70.9 cm³/mol. The Morgan fingerprint density at radius 1 is 1.38 bits per heavy atom. The first-order chi connectivity index (χ1) is 7.52. The molecule has 0 aliphatic carbocycles. The molecule has 0 radical (unpaired) electrons. The van der Waals surface area contributed by atoms with Crippen LogP contribution < -0.4 is 0 Å². The van der Waals surface area contributed by atoms with Gasteiger partial charge in [-0.3, -0.25) is 0 Å². The fourth-order valence-corrected chi connectivity index (χ4v) is 1.41. The monoisotopic (exact) mass is 223 g/mol. The van der Waals surface area contributed by atoms with Crippen LogP contribution in [0.25, 0.3) is 0 Å². The van der Waals surface area contributed by atoms with Crippen molar-refractivity contribution in [1.29, 1.82) is 5.41 Å². The summed E-state index contributed by atoms with van der Waals surface area (Å²) in [5.41, 5.74) is 0.515. The lowest BCUT2D eigenvalue weighted by molar-refractivity contribution is 0.141. The second-order valence-corrected chi connectivity index (χ2v) is 4.36. The third-order valence-electron chi connectivity index (χ3n) is 2.83. The van der Waals surface area contributed by atoms with Crippen LogP contribution in [0.5, 0.6) is 0 Å². The van der Waals surface area contributed by atoms with Crippen molar-refractivity contribution >= 4 is 5.71 Å². The lowest BCUT2D eigenvalue weighted by atomic mass is 9.95. The summed E-state index contributed by atoms with van der Waals surface area (Å²) >= 11 is 0. The molecule has 0 amide bonds. The van der Waals surface area contributed by atoms with Gasteiger partial charge in [-0.2, -0.15) is 0 Å². The highest BCUT2D eigenvalue weighted by Gasteiger charge is 2.14. The Balaban J connectivity index is 4.17. The minimum absolute atomic E-state index is 0.0739. The zero-order chi connectivity index (χ0) is 12.6. The molecule has 0 aromatic heterocycles. The summed E-state index contributed by atoms with van der Waals surface area (Å²) in [6.45, 7) is 7.98. The van der Waals surface area contributed by atoms with E-state index in [4.69, 9.17) is 5.41 Å². The van der Waals surface area contributed by atoms with E-state index in [1.54, 1.807) is 0 Å². The third kappa shape index (κ3) is 5.86. The summed E-state index contributed by atoms with van der Waals surface area (Å²) in [6, 6.07) is 0. The predicted octanol–water partition coefficient (Wildman–Crippen LogP) is 3.57. The van der Waals surface area contributed by atoms with Gasteiger partial charge in [-0.05, 0) is 31.8 Å². The molecule has 0 heterocycles. The van der Waals surface area contributed by atoms with E-state index in [-0.39, 0.29) is 5.92 Å². The fourth-order valence-electron chi connectivity index (χ4n) is 1.41. The van der Waals surface area contributed by atoms with E-state index in [9.17, 15) is 5.11 Å². The lowest BCUT2D eigenvalue weighted by Gasteiger charge is -2.16.